The van der Waals surface area contributed by atoms with Crippen molar-refractivity contribution in [3.8, 4) is 5.75 Å². The lowest BCUT2D eigenvalue weighted by Gasteiger charge is -2.12. The second-order valence-corrected chi connectivity index (χ2v) is 6.12. The summed E-state index contributed by atoms with van der Waals surface area (Å²) in [6.45, 7) is 1.42. The number of hydrogen-bond donors (Lipinski definition) is 1. The normalized spacial score (nSPS) is 11.7. The molecule has 0 bridgehead atoms. The fourth-order valence-electron chi connectivity index (χ4n) is 2.36. The summed E-state index contributed by atoms with van der Waals surface area (Å²) in [5.74, 6) is 0.535. The van der Waals surface area contributed by atoms with Gasteiger partial charge in [0.05, 0.1) is 9.99 Å². The molecule has 110 valence electrons. The summed E-state index contributed by atoms with van der Waals surface area (Å²) in [5.41, 5.74) is 1.80. The van der Waals surface area contributed by atoms with Crippen molar-refractivity contribution in [2.24, 2.45) is 0 Å². The van der Waals surface area contributed by atoms with Crippen molar-refractivity contribution >= 4 is 37.7 Å². The maximum atomic E-state index is 13.5. The Morgan fingerprint density at radius 3 is 2.76 bits per heavy atom. The fraction of sp³-hybridized carbons (Fsp3) is 0.250. The summed E-state index contributed by atoms with van der Waals surface area (Å²) >= 11 is 3.52. The summed E-state index contributed by atoms with van der Waals surface area (Å²) in [6, 6.07) is 8.66. The summed E-state index contributed by atoms with van der Waals surface area (Å²) in [6.07, 6.45) is 0. The number of benzene rings is 2. The molecule has 0 spiro atoms. The Bertz CT molecular complexity index is 798. The van der Waals surface area contributed by atoms with Crippen LogP contribution in [0.3, 0.4) is 0 Å². The van der Waals surface area contributed by atoms with E-state index in [1.54, 1.807) is 12.1 Å². The Hall–Kier alpha value is -1.59. The highest BCUT2D eigenvalue weighted by molar-refractivity contribution is 9.10. The molecule has 0 radical (unpaired) electrons. The molecule has 1 N–H and O–H groups in total. The molecule has 0 amide bonds. The lowest BCUT2D eigenvalue weighted by atomic mass is 10.1. The van der Waals surface area contributed by atoms with Crippen LogP contribution < -0.4 is 4.74 Å². The second kappa shape index (κ2) is 5.66. The highest BCUT2D eigenvalue weighted by Crippen LogP contribution is 2.37. The predicted octanol–water partition coefficient (Wildman–Crippen LogP) is 4.16. The van der Waals surface area contributed by atoms with E-state index in [9.17, 15) is 4.39 Å². The zero-order chi connectivity index (χ0) is 15.0. The molecule has 0 aliphatic heterocycles. The van der Waals surface area contributed by atoms with E-state index in [1.165, 1.54) is 6.07 Å². The maximum Gasteiger partial charge on any atom is 0.157 e. The number of halogens is 2. The number of H-pyrrole nitrogens is 1. The standard InChI is InChI=1S/C16H16BrFN2O/c1-20(2)7-8-21-16-13(17)5-4-11-12-9-10(18)3-6-14(12)19-15(11)16/h3-6,9,19H,7-8H2,1-2H3. The van der Waals surface area contributed by atoms with E-state index in [2.05, 4.69) is 25.8 Å². The van der Waals surface area contributed by atoms with E-state index in [0.29, 0.717) is 6.61 Å². The summed E-state index contributed by atoms with van der Waals surface area (Å²) in [7, 11) is 4.01. The van der Waals surface area contributed by atoms with Crippen LogP contribution in [-0.2, 0) is 0 Å². The van der Waals surface area contributed by atoms with Crippen LogP contribution in [0.25, 0.3) is 21.8 Å². The number of likely N-dealkylation sites (N-methyl/N-ethyl adjacent to an activating group) is 1. The van der Waals surface area contributed by atoms with Gasteiger partial charge in [-0.25, -0.2) is 4.39 Å². The largest absolute Gasteiger partial charge is 0.489 e. The minimum absolute atomic E-state index is 0.235. The van der Waals surface area contributed by atoms with Gasteiger partial charge in [-0.15, -0.1) is 0 Å². The molecule has 1 aromatic heterocycles. The molecule has 0 saturated heterocycles. The minimum atomic E-state index is -0.235. The third-order valence-electron chi connectivity index (χ3n) is 3.43. The van der Waals surface area contributed by atoms with Gasteiger partial charge < -0.3 is 14.6 Å². The number of ether oxygens (including phenoxy) is 1. The SMILES string of the molecule is CN(C)CCOc1c(Br)ccc2c1[nH]c1ccc(F)cc12. The van der Waals surface area contributed by atoms with E-state index >= 15 is 0 Å². The molecule has 0 aliphatic carbocycles. The monoisotopic (exact) mass is 350 g/mol. The van der Waals surface area contributed by atoms with Gasteiger partial charge in [-0.2, -0.15) is 0 Å². The van der Waals surface area contributed by atoms with E-state index in [1.807, 2.05) is 26.2 Å². The van der Waals surface area contributed by atoms with Crippen LogP contribution >= 0.6 is 15.9 Å². The number of nitrogens with one attached hydrogen (secondary N) is 1. The minimum Gasteiger partial charge on any atom is -0.489 e. The fourth-order valence-corrected chi connectivity index (χ4v) is 2.81. The van der Waals surface area contributed by atoms with E-state index in [-0.39, 0.29) is 5.82 Å². The molecule has 0 fully saturated rings. The van der Waals surface area contributed by atoms with Crippen molar-refractivity contribution in [2.45, 2.75) is 0 Å². The van der Waals surface area contributed by atoms with Crippen molar-refractivity contribution in [3.63, 3.8) is 0 Å². The molecule has 0 saturated carbocycles. The molecule has 21 heavy (non-hydrogen) atoms. The molecular formula is C16H16BrFN2O. The van der Waals surface area contributed by atoms with Gasteiger partial charge in [0.25, 0.3) is 0 Å². The molecule has 3 rings (SSSR count). The lowest BCUT2D eigenvalue weighted by molar-refractivity contribution is 0.262. The van der Waals surface area contributed by atoms with Gasteiger partial charge in [0.1, 0.15) is 12.4 Å². The van der Waals surface area contributed by atoms with Gasteiger partial charge in [-0.05, 0) is 54.3 Å². The van der Waals surface area contributed by atoms with Crippen molar-refractivity contribution in [1.29, 1.82) is 0 Å². The van der Waals surface area contributed by atoms with Crippen LogP contribution in [0.5, 0.6) is 5.75 Å². The first-order valence-electron chi connectivity index (χ1n) is 6.73. The zero-order valence-electron chi connectivity index (χ0n) is 11.9. The van der Waals surface area contributed by atoms with Crippen LogP contribution in [0, 0.1) is 5.82 Å². The molecule has 3 nitrogen and oxygen atoms in total. The first-order valence-corrected chi connectivity index (χ1v) is 7.52. The number of fused-ring (bicyclic) bond motifs is 3. The number of aromatic amines is 1. The molecular weight excluding hydrogens is 335 g/mol. The van der Waals surface area contributed by atoms with Crippen LogP contribution in [0.15, 0.2) is 34.8 Å². The van der Waals surface area contributed by atoms with E-state index in [0.717, 1.165) is 38.6 Å². The van der Waals surface area contributed by atoms with Gasteiger partial charge in [0.15, 0.2) is 5.75 Å². The van der Waals surface area contributed by atoms with Gasteiger partial charge in [-0.1, -0.05) is 6.07 Å². The molecule has 0 aliphatic rings. The van der Waals surface area contributed by atoms with E-state index in [4.69, 9.17) is 4.74 Å². The topological polar surface area (TPSA) is 28.3 Å². The number of rotatable bonds is 4. The van der Waals surface area contributed by atoms with Crippen LogP contribution in [0.2, 0.25) is 0 Å². The number of aromatic nitrogens is 1. The maximum absolute atomic E-state index is 13.5. The Balaban J connectivity index is 2.10. The first-order chi connectivity index (χ1) is 10.1. The highest BCUT2D eigenvalue weighted by atomic mass is 79.9. The zero-order valence-corrected chi connectivity index (χ0v) is 13.5. The van der Waals surface area contributed by atoms with Crippen molar-refractivity contribution in [1.82, 2.24) is 9.88 Å². The lowest BCUT2D eigenvalue weighted by Crippen LogP contribution is -2.19. The third-order valence-corrected chi connectivity index (χ3v) is 4.05. The quantitative estimate of drug-likeness (QED) is 0.765. The Morgan fingerprint density at radius 1 is 1.19 bits per heavy atom. The van der Waals surface area contributed by atoms with Gasteiger partial charge in [0.2, 0.25) is 0 Å². The summed E-state index contributed by atoms with van der Waals surface area (Å²) in [5, 5.41) is 1.84. The predicted molar refractivity (Wildman–Crippen MR) is 87.5 cm³/mol. The van der Waals surface area contributed by atoms with Crippen molar-refractivity contribution < 1.29 is 9.13 Å². The van der Waals surface area contributed by atoms with Crippen LogP contribution in [0.4, 0.5) is 4.39 Å². The average molecular weight is 351 g/mol. The van der Waals surface area contributed by atoms with Gasteiger partial charge in [-0.3, -0.25) is 0 Å². The molecule has 0 unspecified atom stereocenters. The Labute approximate surface area is 130 Å². The molecule has 1 heterocycles. The molecule has 5 heteroatoms. The first kappa shape index (κ1) is 14.4. The Kier molecular flexibility index (Phi) is 3.87. The van der Waals surface area contributed by atoms with Gasteiger partial charge >= 0.3 is 0 Å². The van der Waals surface area contributed by atoms with Gasteiger partial charge in [0, 0.05) is 22.8 Å². The van der Waals surface area contributed by atoms with Crippen molar-refractivity contribution in [2.75, 3.05) is 27.2 Å². The molecule has 0 atom stereocenters. The van der Waals surface area contributed by atoms with Crippen LogP contribution in [0.1, 0.15) is 0 Å². The van der Waals surface area contributed by atoms with Crippen molar-refractivity contribution in [3.05, 3.63) is 40.6 Å². The number of nitrogens with zero attached hydrogens (tertiary/aromatic N) is 1. The third kappa shape index (κ3) is 2.76. The molecule has 2 aromatic carbocycles. The number of hydrogen-bond acceptors (Lipinski definition) is 2. The average Bonchev–Trinajstić information content (AvgIpc) is 2.79. The Morgan fingerprint density at radius 2 is 2.00 bits per heavy atom. The van der Waals surface area contributed by atoms with E-state index < -0.39 is 0 Å². The summed E-state index contributed by atoms with van der Waals surface area (Å²) < 4.78 is 20.3. The second-order valence-electron chi connectivity index (χ2n) is 5.27. The highest BCUT2D eigenvalue weighted by Gasteiger charge is 2.13. The molecule has 3 aromatic rings. The smallest absolute Gasteiger partial charge is 0.157 e. The summed E-state index contributed by atoms with van der Waals surface area (Å²) in [4.78, 5) is 5.38. The van der Waals surface area contributed by atoms with Crippen LogP contribution in [-0.4, -0.2) is 37.1 Å².